The van der Waals surface area contributed by atoms with Gasteiger partial charge < -0.3 is 20.1 Å². The summed E-state index contributed by atoms with van der Waals surface area (Å²) in [4.78, 5) is 38.5. The molecule has 3 aromatic carbocycles. The SMILES string of the molecule is O=C(N[C@@H](C(=O)N1CC(C(=O)O)C1)c1ccccc1)OCC1c2ccccc2-c2ccccc21. The van der Waals surface area contributed by atoms with E-state index in [1.807, 2.05) is 42.5 Å². The zero-order chi connectivity index (χ0) is 23.7. The maximum atomic E-state index is 13.1. The highest BCUT2D eigenvalue weighted by Gasteiger charge is 2.39. The van der Waals surface area contributed by atoms with Crippen LogP contribution in [0.3, 0.4) is 0 Å². The van der Waals surface area contributed by atoms with E-state index in [1.165, 1.54) is 4.90 Å². The molecule has 1 saturated heterocycles. The Labute approximate surface area is 197 Å². The lowest BCUT2D eigenvalue weighted by molar-refractivity contribution is -0.153. The summed E-state index contributed by atoms with van der Waals surface area (Å²) < 4.78 is 5.62. The van der Waals surface area contributed by atoms with E-state index in [9.17, 15) is 14.4 Å². The van der Waals surface area contributed by atoms with Gasteiger partial charge in [-0.2, -0.15) is 0 Å². The minimum absolute atomic E-state index is 0.0873. The van der Waals surface area contributed by atoms with Gasteiger partial charge in [0.2, 0.25) is 5.91 Å². The number of nitrogens with zero attached hydrogens (tertiary/aromatic N) is 1. The monoisotopic (exact) mass is 456 g/mol. The third-order valence-electron chi connectivity index (χ3n) is 6.53. The lowest BCUT2D eigenvalue weighted by atomic mass is 9.97. The molecule has 1 atom stereocenters. The number of hydrogen-bond donors (Lipinski definition) is 2. The fraction of sp³-hybridized carbons (Fsp3) is 0.222. The molecule has 0 spiro atoms. The first-order valence-electron chi connectivity index (χ1n) is 11.2. The second kappa shape index (κ2) is 9.02. The summed E-state index contributed by atoms with van der Waals surface area (Å²) in [5.41, 5.74) is 5.09. The van der Waals surface area contributed by atoms with Gasteiger partial charge in [0.15, 0.2) is 0 Å². The molecule has 1 aliphatic heterocycles. The highest BCUT2D eigenvalue weighted by molar-refractivity contribution is 5.89. The summed E-state index contributed by atoms with van der Waals surface area (Å²) in [7, 11) is 0. The molecule has 0 saturated carbocycles. The molecule has 7 heteroatoms. The van der Waals surface area contributed by atoms with Gasteiger partial charge in [-0.1, -0.05) is 78.9 Å². The molecule has 0 aromatic heterocycles. The van der Waals surface area contributed by atoms with Crippen LogP contribution in [0.1, 0.15) is 28.7 Å². The Bertz CT molecular complexity index is 1190. The van der Waals surface area contributed by atoms with Gasteiger partial charge >= 0.3 is 12.1 Å². The maximum absolute atomic E-state index is 13.1. The first kappa shape index (κ1) is 21.7. The van der Waals surface area contributed by atoms with Crippen molar-refractivity contribution >= 4 is 18.0 Å². The quantitative estimate of drug-likeness (QED) is 0.588. The number of carboxylic acid groups (broad SMARTS) is 1. The molecule has 1 heterocycles. The molecule has 1 aliphatic carbocycles. The summed E-state index contributed by atoms with van der Waals surface area (Å²) in [5, 5.41) is 11.8. The van der Waals surface area contributed by atoms with Crippen LogP contribution in [0.2, 0.25) is 0 Å². The zero-order valence-electron chi connectivity index (χ0n) is 18.4. The number of carbonyl (C=O) groups is 3. The summed E-state index contributed by atoms with van der Waals surface area (Å²) >= 11 is 0. The van der Waals surface area contributed by atoms with Crippen molar-refractivity contribution in [2.45, 2.75) is 12.0 Å². The van der Waals surface area contributed by atoms with Crippen LogP contribution in [-0.4, -0.2) is 47.7 Å². The van der Waals surface area contributed by atoms with Crippen LogP contribution in [0.25, 0.3) is 11.1 Å². The van der Waals surface area contributed by atoms with Crippen LogP contribution in [0, 0.1) is 5.92 Å². The van der Waals surface area contributed by atoms with E-state index < -0.39 is 24.0 Å². The van der Waals surface area contributed by atoms with E-state index in [4.69, 9.17) is 9.84 Å². The summed E-state index contributed by atoms with van der Waals surface area (Å²) in [6.45, 7) is 0.397. The van der Waals surface area contributed by atoms with Crippen molar-refractivity contribution in [2.75, 3.05) is 19.7 Å². The lowest BCUT2D eigenvalue weighted by Gasteiger charge is -2.38. The number of benzene rings is 3. The van der Waals surface area contributed by atoms with Gasteiger partial charge in [-0.15, -0.1) is 0 Å². The number of ether oxygens (including phenoxy) is 1. The van der Waals surface area contributed by atoms with E-state index in [1.54, 1.807) is 24.3 Å². The number of aliphatic carboxylic acids is 1. The predicted octanol–water partition coefficient (Wildman–Crippen LogP) is 3.81. The third kappa shape index (κ3) is 4.01. The first-order chi connectivity index (χ1) is 16.5. The molecule has 2 aliphatic rings. The van der Waals surface area contributed by atoms with Crippen molar-refractivity contribution in [3.8, 4) is 11.1 Å². The van der Waals surface area contributed by atoms with Crippen molar-refractivity contribution in [1.29, 1.82) is 0 Å². The number of alkyl carbamates (subject to hydrolysis) is 1. The molecule has 0 radical (unpaired) electrons. The molecule has 1 fully saturated rings. The fourth-order valence-electron chi connectivity index (χ4n) is 4.69. The molecule has 0 bridgehead atoms. The number of likely N-dealkylation sites (tertiary alicyclic amines) is 1. The third-order valence-corrected chi connectivity index (χ3v) is 6.53. The largest absolute Gasteiger partial charge is 0.481 e. The summed E-state index contributed by atoms with van der Waals surface area (Å²) in [6, 6.07) is 24.1. The van der Waals surface area contributed by atoms with Crippen LogP contribution in [0.15, 0.2) is 78.9 Å². The standard InChI is InChI=1S/C27H24N2O5/c30-25(29-14-18(15-29)26(31)32)24(17-8-2-1-3-9-17)28-27(33)34-16-23-21-12-6-4-10-19(21)20-11-5-7-13-22(20)23/h1-13,18,23-24H,14-16H2,(H,28,33)(H,31,32)/t24-/m1/s1. The highest BCUT2D eigenvalue weighted by Crippen LogP contribution is 2.44. The van der Waals surface area contributed by atoms with Gasteiger partial charge in [0, 0.05) is 19.0 Å². The predicted molar refractivity (Wildman–Crippen MR) is 125 cm³/mol. The van der Waals surface area contributed by atoms with Gasteiger partial charge in [-0.3, -0.25) is 9.59 Å². The fourth-order valence-corrected chi connectivity index (χ4v) is 4.69. The lowest BCUT2D eigenvalue weighted by Crippen LogP contribution is -2.56. The van der Waals surface area contributed by atoms with Crippen LogP contribution in [-0.2, 0) is 14.3 Å². The Balaban J connectivity index is 1.29. The zero-order valence-corrected chi connectivity index (χ0v) is 18.4. The summed E-state index contributed by atoms with van der Waals surface area (Å²) in [6.07, 6.45) is -0.695. The van der Waals surface area contributed by atoms with Crippen molar-refractivity contribution in [3.05, 3.63) is 95.6 Å². The van der Waals surface area contributed by atoms with Crippen molar-refractivity contribution in [1.82, 2.24) is 10.2 Å². The normalized spacial score (nSPS) is 15.6. The number of fused-ring (bicyclic) bond motifs is 3. The minimum atomic E-state index is -0.952. The Morgan fingerprint density at radius 1 is 0.882 bits per heavy atom. The van der Waals surface area contributed by atoms with Gasteiger partial charge in [0.25, 0.3) is 0 Å². The minimum Gasteiger partial charge on any atom is -0.481 e. The van der Waals surface area contributed by atoms with E-state index >= 15 is 0 Å². The van der Waals surface area contributed by atoms with E-state index in [0.717, 1.165) is 22.3 Å². The second-order valence-corrected chi connectivity index (χ2v) is 8.59. The number of carbonyl (C=O) groups excluding carboxylic acids is 2. The molecule has 2 N–H and O–H groups in total. The Hall–Kier alpha value is -4.13. The number of rotatable bonds is 6. The molecule has 3 aromatic rings. The Morgan fingerprint density at radius 3 is 2.03 bits per heavy atom. The number of amides is 2. The van der Waals surface area contributed by atoms with Gasteiger partial charge in [-0.05, 0) is 27.8 Å². The van der Waals surface area contributed by atoms with Gasteiger partial charge in [0.1, 0.15) is 12.6 Å². The second-order valence-electron chi connectivity index (χ2n) is 8.59. The van der Waals surface area contributed by atoms with Crippen LogP contribution in [0.5, 0.6) is 0 Å². The van der Waals surface area contributed by atoms with Gasteiger partial charge in [-0.25, -0.2) is 4.79 Å². The maximum Gasteiger partial charge on any atom is 0.408 e. The average Bonchev–Trinajstić information content (AvgIpc) is 3.14. The number of nitrogens with one attached hydrogen (secondary N) is 1. The number of hydrogen-bond acceptors (Lipinski definition) is 4. The Kier molecular flexibility index (Phi) is 5.76. The molecule has 34 heavy (non-hydrogen) atoms. The van der Waals surface area contributed by atoms with E-state index in [-0.39, 0.29) is 31.5 Å². The van der Waals surface area contributed by atoms with Crippen molar-refractivity contribution in [3.63, 3.8) is 0 Å². The molecular formula is C27H24N2O5. The van der Waals surface area contributed by atoms with Crippen LogP contribution >= 0.6 is 0 Å². The molecule has 172 valence electrons. The van der Waals surface area contributed by atoms with Crippen molar-refractivity contribution in [2.24, 2.45) is 5.92 Å². The van der Waals surface area contributed by atoms with Gasteiger partial charge in [0.05, 0.1) is 5.92 Å². The van der Waals surface area contributed by atoms with Crippen LogP contribution in [0.4, 0.5) is 4.79 Å². The topological polar surface area (TPSA) is 95.9 Å². The molecule has 7 nitrogen and oxygen atoms in total. The molecular weight excluding hydrogens is 432 g/mol. The molecule has 5 rings (SSSR count). The van der Waals surface area contributed by atoms with E-state index in [0.29, 0.717) is 5.56 Å². The molecule has 0 unspecified atom stereocenters. The smallest absolute Gasteiger partial charge is 0.408 e. The average molecular weight is 456 g/mol. The first-order valence-corrected chi connectivity index (χ1v) is 11.2. The summed E-state index contributed by atoms with van der Waals surface area (Å²) in [5.74, 6) is -1.94. The van der Waals surface area contributed by atoms with Crippen molar-refractivity contribution < 1.29 is 24.2 Å². The van der Waals surface area contributed by atoms with E-state index in [2.05, 4.69) is 17.4 Å². The van der Waals surface area contributed by atoms with Crippen LogP contribution < -0.4 is 5.32 Å². The molecule has 2 amide bonds. The number of carboxylic acids is 1. The highest BCUT2D eigenvalue weighted by atomic mass is 16.5. The Morgan fingerprint density at radius 2 is 1.44 bits per heavy atom.